The number of rotatable bonds is 9. The molecular weight excluding hydrogens is 472 g/mol. The predicted molar refractivity (Wildman–Crippen MR) is 127 cm³/mol. The third kappa shape index (κ3) is 6.46. The lowest BCUT2D eigenvalue weighted by molar-refractivity contribution is 0.0844. The van der Waals surface area contributed by atoms with E-state index in [4.69, 9.17) is 9.47 Å². The number of hydrogen-bond acceptors (Lipinski definition) is 4. The highest BCUT2D eigenvalue weighted by atomic mass is 79.9. The van der Waals surface area contributed by atoms with Crippen LogP contribution >= 0.6 is 15.9 Å². The number of amides is 2. The van der Waals surface area contributed by atoms with E-state index >= 15 is 0 Å². The van der Waals surface area contributed by atoms with Crippen LogP contribution < -0.4 is 20.3 Å². The van der Waals surface area contributed by atoms with Gasteiger partial charge in [-0.25, -0.2) is 0 Å². The third-order valence-corrected chi connectivity index (χ3v) is 5.08. The molecule has 7 heteroatoms. The Kier molecular flexibility index (Phi) is 8.45. The van der Waals surface area contributed by atoms with Gasteiger partial charge in [-0.1, -0.05) is 55.1 Å². The summed E-state index contributed by atoms with van der Waals surface area (Å²) in [7, 11) is 0. The highest BCUT2D eigenvalue weighted by molar-refractivity contribution is 9.10. The maximum Gasteiger partial charge on any atom is 0.273 e. The third-order valence-electron chi connectivity index (χ3n) is 4.46. The molecule has 0 unspecified atom stereocenters. The summed E-state index contributed by atoms with van der Waals surface area (Å²) in [4.78, 5) is 24.9. The van der Waals surface area contributed by atoms with Gasteiger partial charge in [-0.2, -0.15) is 0 Å². The first-order chi connectivity index (χ1) is 15.6. The first-order valence-electron chi connectivity index (χ1n) is 9.98. The van der Waals surface area contributed by atoms with Crippen LogP contribution in [0.4, 0.5) is 0 Å². The summed E-state index contributed by atoms with van der Waals surface area (Å²) in [6.45, 7) is 4.37. The maximum absolute atomic E-state index is 12.5. The van der Waals surface area contributed by atoms with Gasteiger partial charge in [0.1, 0.15) is 18.1 Å². The molecule has 2 N–H and O–H groups in total. The Morgan fingerprint density at radius 2 is 1.59 bits per heavy atom. The number of ether oxygens (including phenoxy) is 2. The molecule has 0 aliphatic rings. The van der Waals surface area contributed by atoms with E-state index in [1.54, 1.807) is 48.5 Å². The van der Waals surface area contributed by atoms with E-state index in [2.05, 4.69) is 33.4 Å². The topological polar surface area (TPSA) is 76.7 Å². The Hall–Kier alpha value is -3.58. The molecule has 3 aromatic carbocycles. The van der Waals surface area contributed by atoms with Gasteiger partial charge in [-0.3, -0.25) is 20.4 Å². The van der Waals surface area contributed by atoms with E-state index in [1.807, 2.05) is 30.3 Å². The molecule has 0 atom stereocenters. The lowest BCUT2D eigenvalue weighted by Gasteiger charge is -2.12. The van der Waals surface area contributed by atoms with Crippen LogP contribution in [0.2, 0.25) is 0 Å². The molecular formula is C25H23BrN2O4. The Morgan fingerprint density at radius 3 is 2.34 bits per heavy atom. The van der Waals surface area contributed by atoms with Crippen LogP contribution in [0, 0.1) is 0 Å². The molecule has 0 spiro atoms. The normalized spacial score (nSPS) is 10.2. The smallest absolute Gasteiger partial charge is 0.273 e. The molecule has 0 aliphatic heterocycles. The van der Waals surface area contributed by atoms with Gasteiger partial charge in [0, 0.05) is 12.0 Å². The molecule has 0 heterocycles. The van der Waals surface area contributed by atoms with Crippen molar-refractivity contribution in [1.82, 2.24) is 10.9 Å². The van der Waals surface area contributed by atoms with E-state index in [-0.39, 0.29) is 6.61 Å². The number of hydrazine groups is 1. The molecule has 0 bridgehead atoms. The minimum atomic E-state index is -0.488. The monoisotopic (exact) mass is 494 g/mol. The fraction of sp³-hybridized carbons (Fsp3) is 0.120. The van der Waals surface area contributed by atoms with E-state index in [0.717, 1.165) is 6.42 Å². The van der Waals surface area contributed by atoms with Crippen LogP contribution in [0.1, 0.15) is 26.3 Å². The first kappa shape index (κ1) is 23.1. The SMILES string of the molecule is C=CCOc1ccccc1C(=O)NNC(=O)c1ccc(OCCc2ccccc2)c(Br)c1. The van der Waals surface area contributed by atoms with Crippen molar-refractivity contribution >= 4 is 27.7 Å². The number of nitrogens with one attached hydrogen (secondary N) is 2. The largest absolute Gasteiger partial charge is 0.492 e. The van der Waals surface area contributed by atoms with Gasteiger partial charge in [0.25, 0.3) is 11.8 Å². The molecule has 32 heavy (non-hydrogen) atoms. The zero-order valence-corrected chi connectivity index (χ0v) is 18.9. The standard InChI is InChI=1S/C25H23BrN2O4/c1-2-15-31-22-11-7-6-10-20(22)25(30)28-27-24(29)19-12-13-23(21(26)17-19)32-16-14-18-8-4-3-5-9-18/h2-13,17H,1,14-16H2,(H,27,29)(H,28,30). The lowest BCUT2D eigenvalue weighted by Crippen LogP contribution is -2.41. The first-order valence-corrected chi connectivity index (χ1v) is 10.8. The molecule has 0 radical (unpaired) electrons. The van der Waals surface area contributed by atoms with Gasteiger partial charge in [0.15, 0.2) is 0 Å². The second-order valence-electron chi connectivity index (χ2n) is 6.73. The number of carbonyl (C=O) groups excluding carboxylic acids is 2. The molecule has 3 rings (SSSR count). The average Bonchev–Trinajstić information content (AvgIpc) is 2.82. The minimum absolute atomic E-state index is 0.268. The van der Waals surface area contributed by atoms with Crippen LogP contribution in [0.5, 0.6) is 11.5 Å². The summed E-state index contributed by atoms with van der Waals surface area (Å²) in [6.07, 6.45) is 2.36. The molecule has 2 amide bonds. The Morgan fingerprint density at radius 1 is 0.875 bits per heavy atom. The van der Waals surface area contributed by atoms with Gasteiger partial charge in [-0.05, 0) is 51.8 Å². The summed E-state index contributed by atoms with van der Waals surface area (Å²) in [5, 5.41) is 0. The zero-order chi connectivity index (χ0) is 22.8. The molecule has 0 saturated heterocycles. The molecule has 3 aromatic rings. The van der Waals surface area contributed by atoms with Gasteiger partial charge in [-0.15, -0.1) is 0 Å². The number of hydrogen-bond donors (Lipinski definition) is 2. The second kappa shape index (κ2) is 11.7. The summed E-state index contributed by atoms with van der Waals surface area (Å²) in [6, 6.07) is 21.8. The van der Waals surface area contributed by atoms with Crippen molar-refractivity contribution in [1.29, 1.82) is 0 Å². The fourth-order valence-electron chi connectivity index (χ4n) is 2.86. The van der Waals surface area contributed by atoms with E-state index in [0.29, 0.717) is 33.7 Å². The highest BCUT2D eigenvalue weighted by Gasteiger charge is 2.14. The Bertz CT molecular complexity index is 1090. The molecule has 0 aliphatic carbocycles. The second-order valence-corrected chi connectivity index (χ2v) is 7.59. The van der Waals surface area contributed by atoms with Crippen molar-refractivity contribution in [2.45, 2.75) is 6.42 Å². The van der Waals surface area contributed by atoms with Gasteiger partial charge in [0.2, 0.25) is 0 Å². The van der Waals surface area contributed by atoms with E-state index in [1.165, 1.54) is 5.56 Å². The van der Waals surface area contributed by atoms with Gasteiger partial charge < -0.3 is 9.47 Å². The molecule has 0 saturated carbocycles. The minimum Gasteiger partial charge on any atom is -0.492 e. The van der Waals surface area contributed by atoms with Gasteiger partial charge in [0.05, 0.1) is 16.6 Å². The molecule has 0 fully saturated rings. The summed E-state index contributed by atoms with van der Waals surface area (Å²) >= 11 is 3.44. The lowest BCUT2D eigenvalue weighted by atomic mass is 10.2. The van der Waals surface area contributed by atoms with Crippen LogP contribution in [-0.2, 0) is 6.42 Å². The summed E-state index contributed by atoms with van der Waals surface area (Å²) in [5.74, 6) is 0.0889. The van der Waals surface area contributed by atoms with Crippen molar-refractivity contribution in [3.05, 3.63) is 107 Å². The zero-order valence-electron chi connectivity index (χ0n) is 17.3. The number of halogens is 1. The van der Waals surface area contributed by atoms with E-state index < -0.39 is 11.8 Å². The van der Waals surface area contributed by atoms with Gasteiger partial charge >= 0.3 is 0 Å². The quantitative estimate of drug-likeness (QED) is 0.333. The predicted octanol–water partition coefficient (Wildman–Crippen LogP) is 4.71. The highest BCUT2D eigenvalue weighted by Crippen LogP contribution is 2.26. The van der Waals surface area contributed by atoms with Crippen LogP contribution in [0.3, 0.4) is 0 Å². The van der Waals surface area contributed by atoms with Crippen molar-refractivity contribution in [2.75, 3.05) is 13.2 Å². The maximum atomic E-state index is 12.5. The summed E-state index contributed by atoms with van der Waals surface area (Å²) < 4.78 is 11.9. The van der Waals surface area contributed by atoms with Crippen LogP contribution in [0.15, 0.2) is 89.9 Å². The van der Waals surface area contributed by atoms with Crippen molar-refractivity contribution < 1.29 is 19.1 Å². The number of carbonyl (C=O) groups is 2. The van der Waals surface area contributed by atoms with Crippen molar-refractivity contribution in [2.24, 2.45) is 0 Å². The van der Waals surface area contributed by atoms with Crippen molar-refractivity contribution in [3.63, 3.8) is 0 Å². The number of benzene rings is 3. The van der Waals surface area contributed by atoms with Crippen molar-refractivity contribution in [3.8, 4) is 11.5 Å². The average molecular weight is 495 g/mol. The Balaban J connectivity index is 1.54. The van der Waals surface area contributed by atoms with E-state index in [9.17, 15) is 9.59 Å². The van der Waals surface area contributed by atoms with Crippen LogP contribution in [-0.4, -0.2) is 25.0 Å². The molecule has 164 valence electrons. The van der Waals surface area contributed by atoms with Crippen LogP contribution in [0.25, 0.3) is 0 Å². The Labute approximate surface area is 195 Å². The summed E-state index contributed by atoms with van der Waals surface area (Å²) in [5.41, 5.74) is 6.68. The molecule has 6 nitrogen and oxygen atoms in total. The number of para-hydroxylation sites is 1. The molecule has 0 aromatic heterocycles. The fourth-order valence-corrected chi connectivity index (χ4v) is 3.36.